The van der Waals surface area contributed by atoms with Crippen LogP contribution in [0.25, 0.3) is 0 Å². The van der Waals surface area contributed by atoms with Gasteiger partial charge in [-0.05, 0) is 67.6 Å². The minimum Gasteiger partial charge on any atom is -0.497 e. The molecule has 0 radical (unpaired) electrons. The molecule has 0 atom stereocenters. The number of hydrogen-bond acceptors (Lipinski definition) is 3. The fourth-order valence-corrected chi connectivity index (χ4v) is 2.33. The van der Waals surface area contributed by atoms with Gasteiger partial charge in [-0.15, -0.1) is 0 Å². The zero-order chi connectivity index (χ0) is 20.9. The Kier molecular flexibility index (Phi) is 10.1. The number of ether oxygens (including phenoxy) is 2. The maximum absolute atomic E-state index is 12.5. The van der Waals surface area contributed by atoms with Crippen molar-refractivity contribution in [3.63, 3.8) is 0 Å². The van der Waals surface area contributed by atoms with Crippen molar-refractivity contribution < 1.29 is 14.3 Å². The Bertz CT molecular complexity index is 817. The highest BCUT2D eigenvalue weighted by atomic mass is 16.5. The summed E-state index contributed by atoms with van der Waals surface area (Å²) < 4.78 is 10.9. The number of hydrogen-bond donors (Lipinski definition) is 0. The van der Waals surface area contributed by atoms with E-state index in [4.69, 9.17) is 9.47 Å². The van der Waals surface area contributed by atoms with Gasteiger partial charge >= 0.3 is 0 Å². The van der Waals surface area contributed by atoms with E-state index in [9.17, 15) is 4.79 Å². The van der Waals surface area contributed by atoms with E-state index in [1.165, 1.54) is 5.56 Å². The Morgan fingerprint density at radius 1 is 0.607 bits per heavy atom. The normalized spacial score (nSPS) is 9.21. The maximum atomic E-state index is 12.5. The van der Waals surface area contributed by atoms with Crippen molar-refractivity contribution in [2.24, 2.45) is 0 Å². The molecule has 0 aliphatic carbocycles. The third-order valence-corrected chi connectivity index (χ3v) is 3.73. The van der Waals surface area contributed by atoms with E-state index in [1.54, 1.807) is 55.6 Å². The van der Waals surface area contributed by atoms with E-state index in [2.05, 4.69) is 0 Å². The van der Waals surface area contributed by atoms with E-state index in [1.807, 2.05) is 58.9 Å². The van der Waals surface area contributed by atoms with Crippen LogP contribution in [0.5, 0.6) is 17.2 Å². The molecule has 0 heterocycles. The van der Waals surface area contributed by atoms with Crippen molar-refractivity contribution in [1.29, 1.82) is 0 Å². The van der Waals surface area contributed by atoms with Gasteiger partial charge in [0.2, 0.25) is 0 Å². The number of aryl methyl sites for hydroxylation is 1. The summed E-state index contributed by atoms with van der Waals surface area (Å²) in [5.41, 5.74) is 2.43. The number of methoxy groups -OCH3 is 1. The molecule has 3 heteroatoms. The summed E-state index contributed by atoms with van der Waals surface area (Å²) in [6, 6.07) is 22.1. The molecule has 0 spiro atoms. The number of carbonyl (C=O) groups excluding carboxylic acids is 1. The van der Waals surface area contributed by atoms with Crippen LogP contribution in [-0.4, -0.2) is 12.9 Å². The molecule has 148 valence electrons. The van der Waals surface area contributed by atoms with Crippen molar-refractivity contribution in [2.75, 3.05) is 7.11 Å². The summed E-state index contributed by atoms with van der Waals surface area (Å²) in [6.07, 6.45) is 0. The van der Waals surface area contributed by atoms with E-state index < -0.39 is 0 Å². The lowest BCUT2D eigenvalue weighted by atomic mass is 10.0. The van der Waals surface area contributed by atoms with E-state index in [-0.39, 0.29) is 5.78 Å². The number of benzene rings is 3. The number of ketones is 1. The molecule has 3 aromatic rings. The number of carbonyl (C=O) groups is 1. The fourth-order valence-electron chi connectivity index (χ4n) is 2.33. The van der Waals surface area contributed by atoms with Crippen LogP contribution in [0.3, 0.4) is 0 Å². The van der Waals surface area contributed by atoms with Crippen LogP contribution in [0.15, 0.2) is 72.8 Å². The lowest BCUT2D eigenvalue weighted by Gasteiger charge is -2.07. The summed E-state index contributed by atoms with van der Waals surface area (Å²) in [4.78, 5) is 12.5. The quantitative estimate of drug-likeness (QED) is 0.445. The van der Waals surface area contributed by atoms with Gasteiger partial charge in [0.05, 0.1) is 7.11 Å². The van der Waals surface area contributed by atoms with Crippen molar-refractivity contribution in [3.05, 3.63) is 89.5 Å². The van der Waals surface area contributed by atoms with Crippen LogP contribution >= 0.6 is 0 Å². The highest BCUT2D eigenvalue weighted by Crippen LogP contribution is 2.23. The van der Waals surface area contributed by atoms with Gasteiger partial charge in [-0.3, -0.25) is 4.79 Å². The van der Waals surface area contributed by atoms with Crippen LogP contribution < -0.4 is 9.47 Å². The smallest absolute Gasteiger partial charge is 0.193 e. The first-order valence-electron chi connectivity index (χ1n) is 9.69. The summed E-state index contributed by atoms with van der Waals surface area (Å²) in [5, 5.41) is 0. The average molecular weight is 379 g/mol. The standard InChI is InChI=1S/C21H18O3.2C2H6/c1-15-3-9-19(10-4-15)24-20-13-7-17(8-14-20)21(22)16-5-11-18(23-2)12-6-16;2*1-2/h3-14H,1-2H3;2*1-2H3. The van der Waals surface area contributed by atoms with Gasteiger partial charge in [0.25, 0.3) is 0 Å². The SMILES string of the molecule is CC.CC.COc1ccc(C(=O)c2ccc(Oc3ccc(C)cc3)cc2)cc1. The minimum atomic E-state index is -0.0282. The second-order valence-electron chi connectivity index (χ2n) is 5.50. The first-order valence-corrected chi connectivity index (χ1v) is 9.69. The van der Waals surface area contributed by atoms with E-state index >= 15 is 0 Å². The summed E-state index contributed by atoms with van der Waals surface area (Å²) >= 11 is 0. The Morgan fingerprint density at radius 3 is 1.36 bits per heavy atom. The first kappa shape index (κ1) is 23.0. The zero-order valence-corrected chi connectivity index (χ0v) is 17.7. The van der Waals surface area contributed by atoms with Crippen LogP contribution in [-0.2, 0) is 0 Å². The zero-order valence-electron chi connectivity index (χ0n) is 17.7. The molecule has 28 heavy (non-hydrogen) atoms. The van der Waals surface area contributed by atoms with Gasteiger partial charge in [0, 0.05) is 11.1 Å². The number of rotatable bonds is 5. The molecular formula is C25H30O3. The molecule has 0 saturated carbocycles. The van der Waals surface area contributed by atoms with Crippen molar-refractivity contribution in [2.45, 2.75) is 34.6 Å². The second kappa shape index (κ2) is 12.3. The van der Waals surface area contributed by atoms with Gasteiger partial charge in [-0.1, -0.05) is 45.4 Å². The molecule has 0 aliphatic rings. The fraction of sp³-hybridized carbons (Fsp3) is 0.240. The van der Waals surface area contributed by atoms with Gasteiger partial charge in [0.15, 0.2) is 5.78 Å². The first-order chi connectivity index (χ1) is 13.7. The van der Waals surface area contributed by atoms with Gasteiger partial charge in [-0.25, -0.2) is 0 Å². The third kappa shape index (κ3) is 6.58. The van der Waals surface area contributed by atoms with Crippen molar-refractivity contribution in [3.8, 4) is 17.2 Å². The maximum Gasteiger partial charge on any atom is 0.193 e. The molecule has 3 rings (SSSR count). The monoisotopic (exact) mass is 378 g/mol. The topological polar surface area (TPSA) is 35.5 Å². The summed E-state index contributed by atoms with van der Waals surface area (Å²) in [6.45, 7) is 10.0. The molecule has 0 saturated heterocycles. The molecule has 0 amide bonds. The van der Waals surface area contributed by atoms with Crippen molar-refractivity contribution in [1.82, 2.24) is 0 Å². The van der Waals surface area contributed by atoms with Crippen LogP contribution in [0.1, 0.15) is 49.2 Å². The molecule has 0 unspecified atom stereocenters. The summed E-state index contributed by atoms with van der Waals surface area (Å²) in [5.74, 6) is 2.17. The van der Waals surface area contributed by atoms with Gasteiger partial charge < -0.3 is 9.47 Å². The Morgan fingerprint density at radius 2 is 0.964 bits per heavy atom. The lowest BCUT2D eigenvalue weighted by Crippen LogP contribution is -2.01. The van der Waals surface area contributed by atoms with Crippen LogP contribution in [0.4, 0.5) is 0 Å². The largest absolute Gasteiger partial charge is 0.497 e. The second-order valence-corrected chi connectivity index (χ2v) is 5.50. The predicted molar refractivity (Wildman–Crippen MR) is 117 cm³/mol. The predicted octanol–water partition coefficient (Wildman–Crippen LogP) is 7.08. The molecule has 0 aliphatic heterocycles. The third-order valence-electron chi connectivity index (χ3n) is 3.73. The van der Waals surface area contributed by atoms with Gasteiger partial charge in [-0.2, -0.15) is 0 Å². The Hall–Kier alpha value is -3.07. The molecule has 0 bridgehead atoms. The molecule has 0 fully saturated rings. The Labute approximate surface area is 169 Å². The lowest BCUT2D eigenvalue weighted by molar-refractivity contribution is 0.103. The van der Waals surface area contributed by atoms with E-state index in [0.717, 1.165) is 11.5 Å². The minimum absolute atomic E-state index is 0.0282. The molecule has 3 aromatic carbocycles. The average Bonchev–Trinajstić information content (AvgIpc) is 2.78. The highest BCUT2D eigenvalue weighted by molar-refractivity contribution is 6.09. The molecular weight excluding hydrogens is 348 g/mol. The molecule has 0 N–H and O–H groups in total. The van der Waals surface area contributed by atoms with Crippen LogP contribution in [0, 0.1) is 6.92 Å². The Balaban J connectivity index is 0.000000921. The van der Waals surface area contributed by atoms with Crippen LogP contribution in [0.2, 0.25) is 0 Å². The highest BCUT2D eigenvalue weighted by Gasteiger charge is 2.09. The van der Waals surface area contributed by atoms with Crippen molar-refractivity contribution >= 4 is 5.78 Å². The van der Waals surface area contributed by atoms with E-state index in [0.29, 0.717) is 16.9 Å². The van der Waals surface area contributed by atoms with Gasteiger partial charge in [0.1, 0.15) is 17.2 Å². The summed E-state index contributed by atoms with van der Waals surface area (Å²) in [7, 11) is 1.60. The molecule has 3 nitrogen and oxygen atoms in total. The molecule has 0 aromatic heterocycles.